The van der Waals surface area contributed by atoms with Crippen LogP contribution in [-0.4, -0.2) is 42.1 Å². The minimum Gasteiger partial charge on any atom is -0.455 e. The molecule has 0 radical (unpaired) electrons. The van der Waals surface area contributed by atoms with Crippen LogP contribution in [0.15, 0.2) is 0 Å². The van der Waals surface area contributed by atoms with Gasteiger partial charge >= 0.3 is 5.97 Å². The van der Waals surface area contributed by atoms with Gasteiger partial charge in [0.05, 0.1) is 5.41 Å². The van der Waals surface area contributed by atoms with E-state index in [1.54, 1.807) is 0 Å². The Hall–Kier alpha value is -1.13. The van der Waals surface area contributed by atoms with Gasteiger partial charge in [0.15, 0.2) is 6.61 Å². The van der Waals surface area contributed by atoms with Gasteiger partial charge in [-0.05, 0) is 63.2 Å². The molecule has 24 heavy (non-hydrogen) atoms. The first-order valence-electron chi connectivity index (χ1n) is 9.62. The highest BCUT2D eigenvalue weighted by Crippen LogP contribution is 2.63. The molecule has 5 rings (SSSR count). The Morgan fingerprint density at radius 1 is 1.00 bits per heavy atom. The molecule has 2 unspecified atom stereocenters. The summed E-state index contributed by atoms with van der Waals surface area (Å²) >= 11 is 0. The molecule has 0 N–H and O–H groups in total. The van der Waals surface area contributed by atoms with Crippen molar-refractivity contribution in [3.63, 3.8) is 0 Å². The molecule has 0 aromatic heterocycles. The predicted molar refractivity (Wildman–Crippen MR) is 87.0 cm³/mol. The minimum absolute atomic E-state index is 0.0926. The maximum absolute atomic E-state index is 14.9. The van der Waals surface area contributed by atoms with Crippen LogP contribution >= 0.6 is 0 Å². The summed E-state index contributed by atoms with van der Waals surface area (Å²) in [5, 5.41) is 0. The van der Waals surface area contributed by atoms with E-state index in [9.17, 15) is 14.0 Å². The van der Waals surface area contributed by atoms with Crippen molar-refractivity contribution in [3.8, 4) is 0 Å². The van der Waals surface area contributed by atoms with Crippen LogP contribution in [-0.2, 0) is 14.3 Å². The maximum Gasteiger partial charge on any atom is 0.312 e. The highest BCUT2D eigenvalue weighted by molar-refractivity contribution is 5.83. The summed E-state index contributed by atoms with van der Waals surface area (Å²) in [6.45, 7) is 1.35. The second-order valence-corrected chi connectivity index (χ2v) is 8.76. The number of likely N-dealkylation sites (tertiary alicyclic amines) is 1. The zero-order valence-electron chi connectivity index (χ0n) is 14.4. The van der Waals surface area contributed by atoms with Gasteiger partial charge in [0, 0.05) is 13.1 Å². The summed E-state index contributed by atoms with van der Waals surface area (Å²) < 4.78 is 20.4. The SMILES string of the molecule is O=C(COC(=O)C12CC3CC(CC(F)(C3)C1)C2)N1CCCCCC1. The van der Waals surface area contributed by atoms with Gasteiger partial charge in [-0.15, -0.1) is 0 Å². The number of ether oxygens (including phenoxy) is 1. The van der Waals surface area contributed by atoms with Crippen molar-refractivity contribution < 1.29 is 18.7 Å². The van der Waals surface area contributed by atoms with Crippen LogP contribution in [0.1, 0.15) is 64.2 Å². The van der Waals surface area contributed by atoms with Crippen molar-refractivity contribution in [2.45, 2.75) is 69.9 Å². The molecule has 4 aliphatic carbocycles. The molecule has 0 aromatic carbocycles. The molecule has 134 valence electrons. The third-order valence-corrected chi connectivity index (χ3v) is 6.71. The Balaban J connectivity index is 1.37. The number of alkyl halides is 1. The summed E-state index contributed by atoms with van der Waals surface area (Å²) in [6, 6.07) is 0. The Morgan fingerprint density at radius 3 is 2.21 bits per heavy atom. The fraction of sp³-hybridized carbons (Fsp3) is 0.895. The van der Waals surface area contributed by atoms with Gasteiger partial charge < -0.3 is 9.64 Å². The average molecular weight is 337 g/mol. The van der Waals surface area contributed by atoms with E-state index < -0.39 is 11.1 Å². The van der Waals surface area contributed by atoms with Crippen LogP contribution in [0.2, 0.25) is 0 Å². The van der Waals surface area contributed by atoms with Gasteiger partial charge in [-0.25, -0.2) is 4.39 Å². The zero-order chi connectivity index (χ0) is 16.8. The summed E-state index contributed by atoms with van der Waals surface area (Å²) in [6.07, 6.45) is 8.49. The smallest absolute Gasteiger partial charge is 0.312 e. The van der Waals surface area contributed by atoms with Crippen LogP contribution in [0, 0.1) is 17.3 Å². The second kappa shape index (κ2) is 5.99. The van der Waals surface area contributed by atoms with Crippen LogP contribution < -0.4 is 0 Å². The molecule has 5 heteroatoms. The first-order chi connectivity index (χ1) is 11.5. The number of rotatable bonds is 3. The van der Waals surface area contributed by atoms with Gasteiger partial charge in [-0.2, -0.15) is 0 Å². The van der Waals surface area contributed by atoms with E-state index in [1.807, 2.05) is 4.90 Å². The summed E-state index contributed by atoms with van der Waals surface area (Å²) in [7, 11) is 0. The van der Waals surface area contributed by atoms with Crippen molar-refractivity contribution in [2.75, 3.05) is 19.7 Å². The largest absolute Gasteiger partial charge is 0.455 e. The van der Waals surface area contributed by atoms with Gasteiger partial charge in [0.25, 0.3) is 5.91 Å². The van der Waals surface area contributed by atoms with Gasteiger partial charge in [-0.3, -0.25) is 9.59 Å². The normalized spacial score (nSPS) is 41.1. The number of carbonyl (C=O) groups excluding carboxylic acids is 2. The van der Waals surface area contributed by atoms with Crippen LogP contribution in [0.3, 0.4) is 0 Å². The van der Waals surface area contributed by atoms with E-state index >= 15 is 0 Å². The first-order valence-corrected chi connectivity index (χ1v) is 9.62. The molecule has 1 saturated heterocycles. The number of halogens is 1. The molecule has 4 saturated carbocycles. The minimum atomic E-state index is -1.17. The lowest BCUT2D eigenvalue weighted by atomic mass is 9.48. The molecule has 5 aliphatic rings. The van der Waals surface area contributed by atoms with Crippen LogP contribution in [0.25, 0.3) is 0 Å². The van der Waals surface area contributed by atoms with E-state index in [0.29, 0.717) is 31.1 Å². The molecule has 1 heterocycles. The molecule has 4 nitrogen and oxygen atoms in total. The highest BCUT2D eigenvalue weighted by atomic mass is 19.1. The lowest BCUT2D eigenvalue weighted by Crippen LogP contribution is -2.57. The molecule has 1 amide bonds. The fourth-order valence-electron chi connectivity index (χ4n) is 6.08. The number of hydrogen-bond donors (Lipinski definition) is 0. The lowest BCUT2D eigenvalue weighted by molar-refractivity contribution is -0.185. The molecular formula is C19H28FNO3. The standard InChI is InChI=1S/C19H28FNO3/c20-19-10-14-7-15(11-19)9-18(8-14,13-19)17(23)24-12-16(22)21-5-3-1-2-4-6-21/h14-15H,1-13H2. The summed E-state index contributed by atoms with van der Waals surface area (Å²) in [5.74, 6) is 0.238. The van der Waals surface area contributed by atoms with Crippen LogP contribution in [0.4, 0.5) is 4.39 Å². The van der Waals surface area contributed by atoms with Gasteiger partial charge in [-0.1, -0.05) is 12.8 Å². The fourth-order valence-corrected chi connectivity index (χ4v) is 6.08. The molecule has 5 fully saturated rings. The zero-order valence-corrected chi connectivity index (χ0v) is 14.4. The van der Waals surface area contributed by atoms with E-state index in [0.717, 1.165) is 58.0 Å². The number of amides is 1. The maximum atomic E-state index is 14.9. The Kier molecular flexibility index (Phi) is 4.08. The van der Waals surface area contributed by atoms with E-state index in [4.69, 9.17) is 4.74 Å². The Morgan fingerprint density at radius 2 is 1.62 bits per heavy atom. The summed E-state index contributed by atoms with van der Waals surface area (Å²) in [4.78, 5) is 26.9. The number of hydrogen-bond acceptors (Lipinski definition) is 3. The second-order valence-electron chi connectivity index (χ2n) is 8.76. The first kappa shape index (κ1) is 16.3. The van der Waals surface area contributed by atoms with Gasteiger partial charge in [0.2, 0.25) is 0 Å². The third kappa shape index (κ3) is 2.95. The monoisotopic (exact) mass is 337 g/mol. The number of nitrogens with zero attached hydrogens (tertiary/aromatic N) is 1. The quantitative estimate of drug-likeness (QED) is 0.743. The van der Waals surface area contributed by atoms with E-state index in [2.05, 4.69) is 0 Å². The third-order valence-electron chi connectivity index (χ3n) is 6.71. The van der Waals surface area contributed by atoms with Crippen LogP contribution in [0.5, 0.6) is 0 Å². The number of carbonyl (C=O) groups is 2. The van der Waals surface area contributed by atoms with Gasteiger partial charge in [0.1, 0.15) is 5.67 Å². The molecule has 4 bridgehead atoms. The van der Waals surface area contributed by atoms with Crippen molar-refractivity contribution in [1.29, 1.82) is 0 Å². The van der Waals surface area contributed by atoms with Crippen molar-refractivity contribution in [1.82, 2.24) is 4.90 Å². The predicted octanol–water partition coefficient (Wildman–Crippen LogP) is 3.24. The average Bonchev–Trinajstić information content (AvgIpc) is 2.79. The van der Waals surface area contributed by atoms with Crippen molar-refractivity contribution in [2.24, 2.45) is 17.3 Å². The van der Waals surface area contributed by atoms with E-state index in [-0.39, 0.29) is 18.5 Å². The summed E-state index contributed by atoms with van der Waals surface area (Å²) in [5.41, 5.74) is -1.82. The molecule has 1 aliphatic heterocycles. The Bertz CT molecular complexity index is 513. The highest BCUT2D eigenvalue weighted by Gasteiger charge is 2.61. The molecule has 0 spiro atoms. The Labute approximate surface area is 143 Å². The van der Waals surface area contributed by atoms with E-state index in [1.165, 1.54) is 0 Å². The lowest BCUT2D eigenvalue weighted by Gasteiger charge is -2.57. The molecular weight excluding hydrogens is 309 g/mol. The van der Waals surface area contributed by atoms with Crippen molar-refractivity contribution >= 4 is 11.9 Å². The van der Waals surface area contributed by atoms with Crippen molar-refractivity contribution in [3.05, 3.63) is 0 Å². The molecule has 2 atom stereocenters. The number of esters is 1. The molecule has 0 aromatic rings. The topological polar surface area (TPSA) is 46.6 Å².